The number of phenolic OH excluding ortho intramolecular Hbond substituents is 1. The van der Waals surface area contributed by atoms with E-state index < -0.39 is 0 Å². The van der Waals surface area contributed by atoms with Gasteiger partial charge in [0.05, 0.1) is 6.61 Å². The van der Waals surface area contributed by atoms with E-state index in [1.165, 1.54) is 12.8 Å². The number of unbranched alkanes of at least 4 members (excludes halogenated alkanes) is 2. The number of rotatable bonds is 7. The first-order valence-electron chi connectivity index (χ1n) is 11.2. The molecule has 0 amide bonds. The summed E-state index contributed by atoms with van der Waals surface area (Å²) in [5.41, 5.74) is 2.31. The van der Waals surface area contributed by atoms with E-state index in [2.05, 4.69) is 26.8 Å². The number of carbonyl (C=O) groups is 1. The number of hydrogen-bond donors (Lipinski definition) is 1. The molecule has 2 aliphatic rings. The van der Waals surface area contributed by atoms with Gasteiger partial charge < -0.3 is 14.6 Å². The molecule has 2 atom stereocenters. The van der Waals surface area contributed by atoms with Crippen molar-refractivity contribution in [3.05, 3.63) is 34.9 Å². The van der Waals surface area contributed by atoms with Crippen LogP contribution in [0.5, 0.6) is 11.5 Å². The average molecular weight is 401 g/mol. The normalized spacial score (nSPS) is 22.3. The number of carbonyl (C=O) groups excluding carboxylic acids is 1. The lowest BCUT2D eigenvalue weighted by molar-refractivity contribution is -0.140. The van der Waals surface area contributed by atoms with Crippen molar-refractivity contribution in [1.29, 1.82) is 0 Å². The van der Waals surface area contributed by atoms with Crippen molar-refractivity contribution in [1.82, 2.24) is 0 Å². The summed E-state index contributed by atoms with van der Waals surface area (Å²) in [6.07, 6.45) is 7.96. The van der Waals surface area contributed by atoms with Crippen molar-refractivity contribution < 1.29 is 19.4 Å². The van der Waals surface area contributed by atoms with Gasteiger partial charge in [0.15, 0.2) is 0 Å². The molecule has 3 rings (SSSR count). The molecule has 160 valence electrons. The number of ether oxygens (including phenoxy) is 2. The predicted molar refractivity (Wildman–Crippen MR) is 115 cm³/mol. The van der Waals surface area contributed by atoms with Crippen LogP contribution in [0.15, 0.2) is 23.8 Å². The van der Waals surface area contributed by atoms with Crippen LogP contribution in [0.25, 0.3) is 0 Å². The second-order valence-corrected chi connectivity index (χ2v) is 9.54. The highest BCUT2D eigenvalue weighted by atomic mass is 16.5. The molecule has 4 nitrogen and oxygen atoms in total. The zero-order valence-corrected chi connectivity index (χ0v) is 18.6. The average Bonchev–Trinajstić information content (AvgIpc) is 2.65. The molecule has 1 aliphatic heterocycles. The molecule has 1 aromatic carbocycles. The molecule has 29 heavy (non-hydrogen) atoms. The van der Waals surface area contributed by atoms with Crippen molar-refractivity contribution in [3.8, 4) is 11.5 Å². The highest BCUT2D eigenvalue weighted by Gasteiger charge is 2.46. The van der Waals surface area contributed by atoms with Crippen molar-refractivity contribution in [3.63, 3.8) is 0 Å². The Morgan fingerprint density at radius 1 is 1.31 bits per heavy atom. The number of aromatic hydroxyl groups is 1. The molecule has 0 radical (unpaired) electrons. The van der Waals surface area contributed by atoms with Gasteiger partial charge in [-0.05, 0) is 63.1 Å². The molecule has 0 fully saturated rings. The van der Waals surface area contributed by atoms with Crippen molar-refractivity contribution in [2.75, 3.05) is 6.61 Å². The Hall–Kier alpha value is -1.97. The van der Waals surface area contributed by atoms with Crippen LogP contribution in [0.3, 0.4) is 0 Å². The van der Waals surface area contributed by atoms with E-state index in [0.717, 1.165) is 41.7 Å². The number of fused-ring (bicyclic) bond motifs is 3. The summed E-state index contributed by atoms with van der Waals surface area (Å²) < 4.78 is 11.9. The van der Waals surface area contributed by atoms with Gasteiger partial charge in [-0.15, -0.1) is 0 Å². The molecule has 0 saturated carbocycles. The maximum absolute atomic E-state index is 12.6. The van der Waals surface area contributed by atoms with Gasteiger partial charge in [0.25, 0.3) is 0 Å². The zero-order chi connectivity index (χ0) is 21.2. The van der Waals surface area contributed by atoms with Crippen LogP contribution in [0.1, 0.15) is 83.8 Å². The first-order chi connectivity index (χ1) is 13.7. The fraction of sp³-hybridized carbons (Fsp3) is 0.640. The lowest BCUT2D eigenvalue weighted by Gasteiger charge is -2.46. The van der Waals surface area contributed by atoms with E-state index in [1.807, 2.05) is 26.0 Å². The number of allylic oxidation sites excluding steroid dienone is 1. The van der Waals surface area contributed by atoms with Crippen LogP contribution in [-0.4, -0.2) is 23.3 Å². The molecule has 0 unspecified atom stereocenters. The maximum Gasteiger partial charge on any atom is 0.333 e. The minimum Gasteiger partial charge on any atom is -0.507 e. The van der Waals surface area contributed by atoms with E-state index in [9.17, 15) is 9.90 Å². The second-order valence-electron chi connectivity index (χ2n) is 9.54. The summed E-state index contributed by atoms with van der Waals surface area (Å²) >= 11 is 0. The molecule has 0 saturated heterocycles. The van der Waals surface area contributed by atoms with Crippen molar-refractivity contribution in [2.24, 2.45) is 11.8 Å². The van der Waals surface area contributed by atoms with E-state index in [0.29, 0.717) is 18.9 Å². The Labute approximate surface area is 175 Å². The van der Waals surface area contributed by atoms with Crippen LogP contribution in [0.2, 0.25) is 0 Å². The SMILES string of the molecule is CCCCCc1cc(O)c2c(c1)OC(C)(C)[C@@H]1CCC(C(=O)OCC(C)C)=C[C@@H]21. The first-order valence-corrected chi connectivity index (χ1v) is 11.2. The Morgan fingerprint density at radius 3 is 2.76 bits per heavy atom. The molecule has 0 spiro atoms. The van der Waals surface area contributed by atoms with Crippen LogP contribution in [0, 0.1) is 11.8 Å². The largest absolute Gasteiger partial charge is 0.507 e. The zero-order valence-electron chi connectivity index (χ0n) is 18.6. The fourth-order valence-corrected chi connectivity index (χ4v) is 4.65. The number of aryl methyl sites for hydroxylation is 1. The van der Waals surface area contributed by atoms with Crippen LogP contribution < -0.4 is 4.74 Å². The summed E-state index contributed by atoms with van der Waals surface area (Å²) in [5, 5.41) is 10.9. The highest BCUT2D eigenvalue weighted by Crippen LogP contribution is 2.53. The molecule has 0 aromatic heterocycles. The predicted octanol–water partition coefficient (Wildman–Crippen LogP) is 5.92. The first kappa shape index (κ1) is 21.7. The molecule has 1 N–H and O–H groups in total. The van der Waals surface area contributed by atoms with E-state index in [4.69, 9.17) is 9.47 Å². The third-order valence-electron chi connectivity index (χ3n) is 6.20. The van der Waals surface area contributed by atoms with E-state index in [-0.39, 0.29) is 29.2 Å². The second kappa shape index (κ2) is 8.81. The van der Waals surface area contributed by atoms with Gasteiger partial charge in [0.1, 0.15) is 17.1 Å². The molecule has 1 aliphatic carbocycles. The number of esters is 1. The molecular formula is C25H36O4. The standard InChI is InChI=1S/C25H36O4/c1-6-7-8-9-17-12-21(26)23-19-14-18(24(27)28-15-16(2)3)10-11-20(19)25(4,5)29-22(23)13-17/h12-14,16,19-20,26H,6-11,15H2,1-5H3/t19-,20-/m1/s1. The molecule has 1 heterocycles. The smallest absolute Gasteiger partial charge is 0.333 e. The van der Waals surface area contributed by atoms with Crippen LogP contribution >= 0.6 is 0 Å². The molecule has 1 aromatic rings. The minimum absolute atomic E-state index is 0.0335. The van der Waals surface area contributed by atoms with Gasteiger partial charge in [-0.25, -0.2) is 4.79 Å². The third kappa shape index (κ3) is 4.79. The Balaban J connectivity index is 1.92. The van der Waals surface area contributed by atoms with Gasteiger partial charge in [0, 0.05) is 23.0 Å². The molecular weight excluding hydrogens is 364 g/mol. The van der Waals surface area contributed by atoms with Crippen molar-refractivity contribution >= 4 is 5.97 Å². The Morgan fingerprint density at radius 2 is 2.07 bits per heavy atom. The van der Waals surface area contributed by atoms with Crippen LogP contribution in [0.4, 0.5) is 0 Å². The topological polar surface area (TPSA) is 55.8 Å². The van der Waals surface area contributed by atoms with Gasteiger partial charge in [-0.1, -0.05) is 39.7 Å². The molecule has 0 bridgehead atoms. The monoisotopic (exact) mass is 400 g/mol. The third-order valence-corrected chi connectivity index (χ3v) is 6.20. The lowest BCUT2D eigenvalue weighted by Crippen LogP contribution is -2.45. The van der Waals surface area contributed by atoms with Gasteiger partial charge in [-0.3, -0.25) is 0 Å². The molecule has 4 heteroatoms. The van der Waals surface area contributed by atoms with Gasteiger partial charge >= 0.3 is 5.97 Å². The summed E-state index contributed by atoms with van der Waals surface area (Å²) in [6, 6.07) is 3.97. The number of phenols is 1. The van der Waals surface area contributed by atoms with Crippen LogP contribution in [-0.2, 0) is 16.0 Å². The maximum atomic E-state index is 12.6. The minimum atomic E-state index is -0.351. The number of benzene rings is 1. The highest BCUT2D eigenvalue weighted by molar-refractivity contribution is 5.89. The van der Waals surface area contributed by atoms with Crippen molar-refractivity contribution in [2.45, 2.75) is 84.7 Å². The van der Waals surface area contributed by atoms with E-state index >= 15 is 0 Å². The number of hydrogen-bond acceptors (Lipinski definition) is 4. The summed E-state index contributed by atoms with van der Waals surface area (Å²) in [6.45, 7) is 10.9. The Kier molecular flexibility index (Phi) is 6.60. The van der Waals surface area contributed by atoms with Gasteiger partial charge in [0.2, 0.25) is 0 Å². The Bertz CT molecular complexity index is 775. The summed E-state index contributed by atoms with van der Waals surface area (Å²) in [7, 11) is 0. The lowest BCUT2D eigenvalue weighted by atomic mass is 9.67. The summed E-state index contributed by atoms with van der Waals surface area (Å²) in [5.74, 6) is 1.32. The van der Waals surface area contributed by atoms with E-state index in [1.54, 1.807) is 0 Å². The van der Waals surface area contributed by atoms with Gasteiger partial charge in [-0.2, -0.15) is 0 Å². The summed E-state index contributed by atoms with van der Waals surface area (Å²) in [4.78, 5) is 12.6. The quantitative estimate of drug-likeness (QED) is 0.456. The fourth-order valence-electron chi connectivity index (χ4n) is 4.65.